The molecule has 2 rings (SSSR count). The minimum Gasteiger partial charge on any atom is -0.383 e. The number of hydrogen-bond acceptors (Lipinski definition) is 4. The summed E-state index contributed by atoms with van der Waals surface area (Å²) in [4.78, 5) is 4.50. The molecule has 96 valence electrons. The Balaban J connectivity index is 2.15. The van der Waals surface area contributed by atoms with Crippen LogP contribution in [-0.2, 0) is 4.74 Å². The molecule has 0 aliphatic carbocycles. The van der Waals surface area contributed by atoms with Gasteiger partial charge in [-0.05, 0) is 26.0 Å². The van der Waals surface area contributed by atoms with Crippen LogP contribution in [-0.4, -0.2) is 24.7 Å². The number of benzene rings is 1. The molecule has 0 spiro atoms. The summed E-state index contributed by atoms with van der Waals surface area (Å²) in [5, 5.41) is 6.59. The molecule has 0 bridgehead atoms. The molecular formula is C14H18N2OS. The lowest BCUT2D eigenvalue weighted by Gasteiger charge is -2.14. The van der Waals surface area contributed by atoms with Crippen LogP contribution >= 0.6 is 11.3 Å². The second-order valence-electron chi connectivity index (χ2n) is 4.33. The Morgan fingerprint density at radius 3 is 2.94 bits per heavy atom. The van der Waals surface area contributed by atoms with Crippen LogP contribution in [0.15, 0.2) is 29.6 Å². The Labute approximate surface area is 112 Å². The van der Waals surface area contributed by atoms with E-state index in [0.717, 1.165) is 22.0 Å². The quantitative estimate of drug-likeness (QED) is 0.894. The molecule has 1 aromatic carbocycles. The predicted molar refractivity (Wildman–Crippen MR) is 77.2 cm³/mol. The highest BCUT2D eigenvalue weighted by Gasteiger charge is 2.05. The summed E-state index contributed by atoms with van der Waals surface area (Å²) in [6, 6.07) is 8.62. The smallest absolute Gasteiger partial charge is 0.0901 e. The molecule has 1 atom stereocenters. The van der Waals surface area contributed by atoms with Gasteiger partial charge in [0.1, 0.15) is 0 Å². The van der Waals surface area contributed by atoms with Gasteiger partial charge in [-0.2, -0.15) is 0 Å². The topological polar surface area (TPSA) is 34.1 Å². The first-order valence-electron chi connectivity index (χ1n) is 5.97. The first-order valence-corrected chi connectivity index (χ1v) is 6.85. The van der Waals surface area contributed by atoms with E-state index in [4.69, 9.17) is 4.74 Å². The number of anilines is 1. The minimum atomic E-state index is 0.294. The largest absolute Gasteiger partial charge is 0.383 e. The second-order valence-corrected chi connectivity index (χ2v) is 5.40. The Kier molecular flexibility index (Phi) is 4.33. The molecule has 0 radical (unpaired) electrons. The molecule has 1 heterocycles. The van der Waals surface area contributed by atoms with E-state index in [1.165, 1.54) is 0 Å². The highest BCUT2D eigenvalue weighted by molar-refractivity contribution is 7.09. The lowest BCUT2D eigenvalue weighted by atomic mass is 10.1. The van der Waals surface area contributed by atoms with E-state index in [0.29, 0.717) is 12.6 Å². The molecule has 0 fully saturated rings. The molecule has 1 aromatic heterocycles. The summed E-state index contributed by atoms with van der Waals surface area (Å²) >= 11 is 1.68. The second kappa shape index (κ2) is 5.98. The third-order valence-electron chi connectivity index (χ3n) is 2.61. The van der Waals surface area contributed by atoms with Crippen molar-refractivity contribution < 1.29 is 4.74 Å². The zero-order valence-corrected chi connectivity index (χ0v) is 11.8. The number of aryl methyl sites for hydroxylation is 1. The number of aromatic nitrogens is 1. The number of methoxy groups -OCH3 is 1. The van der Waals surface area contributed by atoms with Gasteiger partial charge < -0.3 is 10.1 Å². The van der Waals surface area contributed by atoms with E-state index in [9.17, 15) is 0 Å². The Bertz CT molecular complexity index is 510. The highest BCUT2D eigenvalue weighted by atomic mass is 32.1. The summed E-state index contributed by atoms with van der Waals surface area (Å²) < 4.78 is 5.12. The van der Waals surface area contributed by atoms with Crippen LogP contribution in [0.4, 0.5) is 5.69 Å². The van der Waals surface area contributed by atoms with Gasteiger partial charge in [0.2, 0.25) is 0 Å². The molecule has 2 aromatic rings. The van der Waals surface area contributed by atoms with Gasteiger partial charge in [0.25, 0.3) is 0 Å². The monoisotopic (exact) mass is 262 g/mol. The minimum absolute atomic E-state index is 0.294. The fourth-order valence-electron chi connectivity index (χ4n) is 1.84. The molecular weight excluding hydrogens is 244 g/mol. The molecule has 1 unspecified atom stereocenters. The van der Waals surface area contributed by atoms with Crippen LogP contribution < -0.4 is 5.32 Å². The van der Waals surface area contributed by atoms with Crippen LogP contribution in [0, 0.1) is 6.92 Å². The maximum atomic E-state index is 5.12. The number of hydrogen-bond donors (Lipinski definition) is 1. The first-order chi connectivity index (χ1) is 8.69. The van der Waals surface area contributed by atoms with Crippen molar-refractivity contribution in [2.45, 2.75) is 19.9 Å². The maximum absolute atomic E-state index is 5.12. The van der Waals surface area contributed by atoms with Gasteiger partial charge in [-0.25, -0.2) is 4.98 Å². The van der Waals surface area contributed by atoms with Crippen molar-refractivity contribution in [1.82, 2.24) is 4.98 Å². The van der Waals surface area contributed by atoms with E-state index >= 15 is 0 Å². The highest BCUT2D eigenvalue weighted by Crippen LogP contribution is 2.24. The molecule has 18 heavy (non-hydrogen) atoms. The molecule has 3 nitrogen and oxygen atoms in total. The van der Waals surface area contributed by atoms with Crippen LogP contribution in [0.1, 0.15) is 11.9 Å². The third kappa shape index (κ3) is 3.31. The van der Waals surface area contributed by atoms with Crippen molar-refractivity contribution in [3.8, 4) is 11.3 Å². The van der Waals surface area contributed by atoms with E-state index < -0.39 is 0 Å². The molecule has 4 heteroatoms. The maximum Gasteiger partial charge on any atom is 0.0901 e. The number of ether oxygens (including phenoxy) is 1. The van der Waals surface area contributed by atoms with Gasteiger partial charge in [0.15, 0.2) is 0 Å². The normalized spacial score (nSPS) is 12.4. The van der Waals surface area contributed by atoms with E-state index in [1.807, 2.05) is 13.0 Å². The molecule has 0 saturated heterocycles. The molecule has 1 N–H and O–H groups in total. The summed E-state index contributed by atoms with van der Waals surface area (Å²) in [7, 11) is 1.71. The standard InChI is InChI=1S/C14H18N2OS/c1-10(8-17-3)15-13-6-4-5-12(7-13)14-9-18-11(2)16-14/h4-7,9-10,15H,8H2,1-3H3. The number of rotatable bonds is 5. The molecule has 0 aliphatic rings. The van der Waals surface area contributed by atoms with E-state index in [2.05, 4.69) is 40.8 Å². The average molecular weight is 262 g/mol. The molecule has 0 saturated carbocycles. The van der Waals surface area contributed by atoms with E-state index in [-0.39, 0.29) is 0 Å². The van der Waals surface area contributed by atoms with Gasteiger partial charge >= 0.3 is 0 Å². The Morgan fingerprint density at radius 1 is 1.44 bits per heavy atom. The first kappa shape index (κ1) is 13.1. The van der Waals surface area contributed by atoms with Crippen LogP contribution in [0.25, 0.3) is 11.3 Å². The van der Waals surface area contributed by atoms with Crippen molar-refractivity contribution in [3.05, 3.63) is 34.7 Å². The average Bonchev–Trinajstić information content (AvgIpc) is 2.76. The summed E-state index contributed by atoms with van der Waals surface area (Å²) in [6.45, 7) is 4.82. The van der Waals surface area contributed by atoms with Gasteiger partial charge in [0, 0.05) is 29.8 Å². The van der Waals surface area contributed by atoms with Crippen molar-refractivity contribution in [2.75, 3.05) is 19.0 Å². The fraction of sp³-hybridized carbons (Fsp3) is 0.357. The zero-order chi connectivity index (χ0) is 13.0. The predicted octanol–water partition coefficient (Wildman–Crippen LogP) is 3.57. The lowest BCUT2D eigenvalue weighted by molar-refractivity contribution is 0.190. The van der Waals surface area contributed by atoms with Gasteiger partial charge in [-0.3, -0.25) is 0 Å². The van der Waals surface area contributed by atoms with Crippen LogP contribution in [0.5, 0.6) is 0 Å². The van der Waals surface area contributed by atoms with Gasteiger partial charge in [-0.15, -0.1) is 11.3 Å². The van der Waals surface area contributed by atoms with Crippen LogP contribution in [0.3, 0.4) is 0 Å². The fourth-order valence-corrected chi connectivity index (χ4v) is 2.46. The Hall–Kier alpha value is -1.39. The van der Waals surface area contributed by atoms with Gasteiger partial charge in [0.05, 0.1) is 17.3 Å². The van der Waals surface area contributed by atoms with Crippen molar-refractivity contribution in [3.63, 3.8) is 0 Å². The Morgan fingerprint density at radius 2 is 2.28 bits per heavy atom. The third-order valence-corrected chi connectivity index (χ3v) is 3.38. The zero-order valence-electron chi connectivity index (χ0n) is 10.9. The molecule has 0 amide bonds. The lowest BCUT2D eigenvalue weighted by Crippen LogP contribution is -2.20. The van der Waals surface area contributed by atoms with E-state index in [1.54, 1.807) is 18.4 Å². The number of thiazole rings is 1. The molecule has 0 aliphatic heterocycles. The SMILES string of the molecule is COCC(C)Nc1cccc(-c2csc(C)n2)c1. The van der Waals surface area contributed by atoms with Crippen molar-refractivity contribution in [2.24, 2.45) is 0 Å². The van der Waals surface area contributed by atoms with Crippen molar-refractivity contribution >= 4 is 17.0 Å². The summed E-state index contributed by atoms with van der Waals surface area (Å²) in [5.41, 5.74) is 3.29. The van der Waals surface area contributed by atoms with Crippen molar-refractivity contribution in [1.29, 1.82) is 0 Å². The van der Waals surface area contributed by atoms with Crippen LogP contribution in [0.2, 0.25) is 0 Å². The van der Waals surface area contributed by atoms with Gasteiger partial charge in [-0.1, -0.05) is 12.1 Å². The number of nitrogens with zero attached hydrogens (tertiary/aromatic N) is 1. The summed E-state index contributed by atoms with van der Waals surface area (Å²) in [6.07, 6.45) is 0. The summed E-state index contributed by atoms with van der Waals surface area (Å²) in [5.74, 6) is 0. The number of nitrogens with one attached hydrogen (secondary N) is 1.